The SMILES string of the molecule is CC(OC(=O)/C=C/c1cn(-c2ccccc2)nc1-c1cccs1)C(N)=O. The number of rotatable bonds is 6. The number of aromatic nitrogens is 2. The fraction of sp³-hybridized carbons (Fsp3) is 0.105. The largest absolute Gasteiger partial charge is 0.449 e. The lowest BCUT2D eigenvalue weighted by atomic mass is 10.2. The van der Waals surface area contributed by atoms with Crippen LogP contribution in [0.2, 0.25) is 0 Å². The standard InChI is InChI=1S/C19H17N3O3S/c1-13(19(20)24)25-17(23)10-9-14-12-22(15-6-3-2-4-7-15)21-18(14)16-8-5-11-26-16/h2-13H,1H3,(H2,20,24)/b10-9+. The van der Waals surface area contributed by atoms with Gasteiger partial charge in [-0.3, -0.25) is 4.79 Å². The van der Waals surface area contributed by atoms with Crippen LogP contribution in [0.4, 0.5) is 0 Å². The highest BCUT2D eigenvalue weighted by molar-refractivity contribution is 7.13. The number of benzene rings is 1. The molecule has 0 radical (unpaired) electrons. The normalized spacial score (nSPS) is 12.2. The number of hydrogen-bond acceptors (Lipinski definition) is 5. The number of amides is 1. The van der Waals surface area contributed by atoms with E-state index in [2.05, 4.69) is 5.10 Å². The molecule has 0 bridgehead atoms. The van der Waals surface area contributed by atoms with Gasteiger partial charge in [0.2, 0.25) is 0 Å². The average molecular weight is 367 g/mol. The maximum atomic E-state index is 11.9. The first-order chi connectivity index (χ1) is 12.5. The molecule has 0 aliphatic heterocycles. The molecule has 2 aromatic heterocycles. The summed E-state index contributed by atoms with van der Waals surface area (Å²) in [6, 6.07) is 13.6. The van der Waals surface area contributed by atoms with Gasteiger partial charge in [-0.05, 0) is 36.6 Å². The van der Waals surface area contributed by atoms with Gasteiger partial charge >= 0.3 is 5.97 Å². The molecule has 1 atom stereocenters. The van der Waals surface area contributed by atoms with Crippen LogP contribution in [0.15, 0.2) is 60.1 Å². The summed E-state index contributed by atoms with van der Waals surface area (Å²) in [4.78, 5) is 23.8. The lowest BCUT2D eigenvalue weighted by molar-refractivity contribution is -0.148. The highest BCUT2D eigenvalue weighted by Crippen LogP contribution is 2.28. The Morgan fingerprint density at radius 2 is 2.00 bits per heavy atom. The molecule has 0 spiro atoms. The van der Waals surface area contributed by atoms with E-state index in [1.165, 1.54) is 13.0 Å². The van der Waals surface area contributed by atoms with Gasteiger partial charge in [-0.1, -0.05) is 24.3 Å². The molecular weight excluding hydrogens is 350 g/mol. The van der Waals surface area contributed by atoms with E-state index in [-0.39, 0.29) is 0 Å². The van der Waals surface area contributed by atoms with E-state index in [9.17, 15) is 9.59 Å². The molecule has 0 saturated carbocycles. The Bertz CT molecular complexity index is 930. The quantitative estimate of drug-likeness (QED) is 0.536. The van der Waals surface area contributed by atoms with Crippen LogP contribution in [-0.4, -0.2) is 27.8 Å². The minimum atomic E-state index is -0.976. The minimum absolute atomic E-state index is 0.638. The maximum Gasteiger partial charge on any atom is 0.331 e. The van der Waals surface area contributed by atoms with Crippen molar-refractivity contribution in [3.05, 3.63) is 65.7 Å². The van der Waals surface area contributed by atoms with Gasteiger partial charge in [0.15, 0.2) is 6.10 Å². The fourth-order valence-corrected chi connectivity index (χ4v) is 2.99. The van der Waals surface area contributed by atoms with Crippen molar-refractivity contribution in [1.82, 2.24) is 9.78 Å². The molecule has 1 aromatic carbocycles. The van der Waals surface area contributed by atoms with E-state index in [4.69, 9.17) is 10.5 Å². The lowest BCUT2D eigenvalue weighted by Gasteiger charge is -2.06. The summed E-state index contributed by atoms with van der Waals surface area (Å²) in [5.74, 6) is -1.33. The monoisotopic (exact) mass is 367 g/mol. The highest BCUT2D eigenvalue weighted by atomic mass is 32.1. The van der Waals surface area contributed by atoms with E-state index in [0.29, 0.717) is 0 Å². The van der Waals surface area contributed by atoms with E-state index in [1.807, 2.05) is 54.0 Å². The van der Waals surface area contributed by atoms with E-state index >= 15 is 0 Å². The second kappa shape index (κ2) is 7.79. The number of thiophene rings is 1. The topological polar surface area (TPSA) is 87.2 Å². The predicted octanol–water partition coefficient (Wildman–Crippen LogP) is 3.03. The van der Waals surface area contributed by atoms with Crippen molar-refractivity contribution in [2.24, 2.45) is 5.73 Å². The molecule has 3 aromatic rings. The van der Waals surface area contributed by atoms with Crippen molar-refractivity contribution < 1.29 is 14.3 Å². The Labute approximate surface area is 154 Å². The summed E-state index contributed by atoms with van der Waals surface area (Å²) in [6.07, 6.45) is 3.75. The van der Waals surface area contributed by atoms with Crippen molar-refractivity contribution in [2.75, 3.05) is 0 Å². The number of esters is 1. The summed E-state index contributed by atoms with van der Waals surface area (Å²) in [5.41, 5.74) is 7.53. The Balaban J connectivity index is 1.90. The maximum absolute atomic E-state index is 11.9. The van der Waals surface area contributed by atoms with E-state index in [0.717, 1.165) is 21.8 Å². The minimum Gasteiger partial charge on any atom is -0.449 e. The number of ether oxygens (including phenoxy) is 1. The summed E-state index contributed by atoms with van der Waals surface area (Å²) >= 11 is 1.56. The van der Waals surface area contributed by atoms with Gasteiger partial charge in [0.25, 0.3) is 5.91 Å². The van der Waals surface area contributed by atoms with E-state index in [1.54, 1.807) is 22.1 Å². The third kappa shape index (κ3) is 4.07. The second-order valence-corrected chi connectivity index (χ2v) is 6.45. The van der Waals surface area contributed by atoms with Crippen LogP contribution < -0.4 is 5.73 Å². The highest BCUT2D eigenvalue weighted by Gasteiger charge is 2.14. The van der Waals surface area contributed by atoms with Crippen molar-refractivity contribution >= 4 is 29.3 Å². The molecule has 1 unspecified atom stereocenters. The number of para-hydroxylation sites is 1. The molecule has 1 amide bonds. The van der Waals surface area contributed by atoms with Crippen LogP contribution >= 0.6 is 11.3 Å². The van der Waals surface area contributed by atoms with Crippen LogP contribution in [0, 0.1) is 0 Å². The Morgan fingerprint density at radius 3 is 2.65 bits per heavy atom. The second-order valence-electron chi connectivity index (χ2n) is 5.51. The lowest BCUT2D eigenvalue weighted by Crippen LogP contribution is -2.29. The van der Waals surface area contributed by atoms with Gasteiger partial charge < -0.3 is 10.5 Å². The van der Waals surface area contributed by atoms with Gasteiger partial charge in [-0.2, -0.15) is 5.10 Å². The Morgan fingerprint density at radius 1 is 1.23 bits per heavy atom. The Kier molecular flexibility index (Phi) is 5.28. The summed E-state index contributed by atoms with van der Waals surface area (Å²) in [5, 5.41) is 6.61. The van der Waals surface area contributed by atoms with Gasteiger partial charge in [-0.25, -0.2) is 9.48 Å². The summed E-state index contributed by atoms with van der Waals surface area (Å²) in [6.45, 7) is 1.43. The molecule has 2 N–H and O–H groups in total. The van der Waals surface area contributed by atoms with Crippen LogP contribution in [0.25, 0.3) is 22.3 Å². The number of nitrogens with zero attached hydrogens (tertiary/aromatic N) is 2. The first-order valence-electron chi connectivity index (χ1n) is 7.91. The zero-order valence-electron chi connectivity index (χ0n) is 14.0. The van der Waals surface area contributed by atoms with Crippen molar-refractivity contribution in [3.8, 4) is 16.3 Å². The Hall–Kier alpha value is -3.19. The molecule has 0 saturated heterocycles. The van der Waals surface area contributed by atoms with Crippen molar-refractivity contribution in [1.29, 1.82) is 0 Å². The fourth-order valence-electron chi connectivity index (χ4n) is 2.26. The number of carbonyl (C=O) groups excluding carboxylic acids is 2. The van der Waals surface area contributed by atoms with Crippen molar-refractivity contribution in [2.45, 2.75) is 13.0 Å². The van der Waals surface area contributed by atoms with Gasteiger partial charge in [-0.15, -0.1) is 11.3 Å². The smallest absolute Gasteiger partial charge is 0.331 e. The molecule has 0 aliphatic rings. The van der Waals surface area contributed by atoms with Gasteiger partial charge in [0.1, 0.15) is 5.69 Å². The molecule has 26 heavy (non-hydrogen) atoms. The zero-order valence-corrected chi connectivity index (χ0v) is 14.8. The summed E-state index contributed by atoms with van der Waals surface area (Å²) < 4.78 is 6.69. The number of hydrogen-bond donors (Lipinski definition) is 1. The average Bonchev–Trinajstić information content (AvgIpc) is 3.30. The van der Waals surface area contributed by atoms with Crippen LogP contribution in [0.5, 0.6) is 0 Å². The first-order valence-corrected chi connectivity index (χ1v) is 8.79. The molecule has 3 rings (SSSR count). The first kappa shape index (κ1) is 17.6. The number of nitrogens with two attached hydrogens (primary N) is 1. The van der Waals surface area contributed by atoms with Crippen LogP contribution in [0.1, 0.15) is 12.5 Å². The molecule has 0 fully saturated rings. The molecule has 132 valence electrons. The molecule has 6 nitrogen and oxygen atoms in total. The van der Waals surface area contributed by atoms with Crippen molar-refractivity contribution in [3.63, 3.8) is 0 Å². The van der Waals surface area contributed by atoms with E-state index < -0.39 is 18.0 Å². The number of carbonyl (C=O) groups is 2. The van der Waals surface area contributed by atoms with Crippen LogP contribution in [0.3, 0.4) is 0 Å². The summed E-state index contributed by atoms with van der Waals surface area (Å²) in [7, 11) is 0. The molecule has 0 aliphatic carbocycles. The predicted molar refractivity (Wildman–Crippen MR) is 101 cm³/mol. The third-order valence-corrected chi connectivity index (χ3v) is 4.49. The molecular formula is C19H17N3O3S. The van der Waals surface area contributed by atoms with Crippen LogP contribution in [-0.2, 0) is 14.3 Å². The van der Waals surface area contributed by atoms with Gasteiger partial charge in [0, 0.05) is 17.8 Å². The molecule has 2 heterocycles. The number of primary amides is 1. The zero-order chi connectivity index (χ0) is 18.5. The third-order valence-electron chi connectivity index (χ3n) is 3.61. The van der Waals surface area contributed by atoms with Gasteiger partial charge in [0.05, 0.1) is 10.6 Å². The molecule has 7 heteroatoms.